The number of halogens is 1. The minimum atomic E-state index is -3.85. The van der Waals surface area contributed by atoms with E-state index in [9.17, 15) is 13.2 Å². The van der Waals surface area contributed by atoms with Crippen LogP contribution in [-0.2, 0) is 27.8 Å². The highest BCUT2D eigenvalue weighted by Gasteiger charge is 2.28. The van der Waals surface area contributed by atoms with Crippen LogP contribution >= 0.6 is 15.9 Å². The standard InChI is InChI=1S/C25H25BrN2O3S/c26-21-15-13-19(14-16-21)17-28(32(30,31)22-9-2-1-3-10-22)18-25(29)27-24-12-6-8-20-7-4-5-11-23(20)24/h1-5,7,9-11,13-16,24H,6,8,12,17-18H2,(H,27,29). The van der Waals surface area contributed by atoms with Crippen molar-refractivity contribution in [2.45, 2.75) is 36.7 Å². The number of hydrogen-bond acceptors (Lipinski definition) is 3. The van der Waals surface area contributed by atoms with E-state index in [0.717, 1.165) is 34.9 Å². The van der Waals surface area contributed by atoms with Crippen LogP contribution in [0.3, 0.4) is 0 Å². The van der Waals surface area contributed by atoms with Crippen LogP contribution in [0.5, 0.6) is 0 Å². The SMILES string of the molecule is O=C(CN(Cc1ccc(Br)cc1)S(=O)(=O)c1ccccc1)NC1CCCc2ccccc21. The van der Waals surface area contributed by atoms with Gasteiger partial charge in [0, 0.05) is 11.0 Å². The number of sulfonamides is 1. The molecular weight excluding hydrogens is 488 g/mol. The topological polar surface area (TPSA) is 66.5 Å². The molecule has 1 unspecified atom stereocenters. The van der Waals surface area contributed by atoms with Gasteiger partial charge in [-0.15, -0.1) is 0 Å². The van der Waals surface area contributed by atoms with Gasteiger partial charge in [0.15, 0.2) is 0 Å². The largest absolute Gasteiger partial charge is 0.348 e. The summed E-state index contributed by atoms with van der Waals surface area (Å²) in [5.41, 5.74) is 3.17. The lowest BCUT2D eigenvalue weighted by molar-refractivity contribution is -0.122. The Bertz CT molecular complexity index is 1180. The molecule has 0 spiro atoms. The van der Waals surface area contributed by atoms with Crippen molar-refractivity contribution in [3.63, 3.8) is 0 Å². The summed E-state index contributed by atoms with van der Waals surface area (Å²) in [6.07, 6.45) is 2.84. The Morgan fingerprint density at radius 3 is 2.41 bits per heavy atom. The summed E-state index contributed by atoms with van der Waals surface area (Å²) in [5, 5.41) is 3.07. The number of carbonyl (C=O) groups is 1. The highest BCUT2D eigenvalue weighted by molar-refractivity contribution is 9.10. The smallest absolute Gasteiger partial charge is 0.243 e. The molecule has 0 saturated heterocycles. The van der Waals surface area contributed by atoms with Crippen LogP contribution in [0.1, 0.15) is 35.6 Å². The molecule has 3 aromatic carbocycles. The first-order chi connectivity index (χ1) is 15.4. The third-order valence-electron chi connectivity index (χ3n) is 5.68. The fraction of sp³-hybridized carbons (Fsp3) is 0.240. The van der Waals surface area contributed by atoms with Gasteiger partial charge in [-0.05, 0) is 60.2 Å². The van der Waals surface area contributed by atoms with Gasteiger partial charge in [0.2, 0.25) is 15.9 Å². The molecule has 0 saturated carbocycles. The van der Waals surface area contributed by atoms with Crippen molar-refractivity contribution in [1.82, 2.24) is 9.62 Å². The lowest BCUT2D eigenvalue weighted by Crippen LogP contribution is -2.42. The minimum Gasteiger partial charge on any atom is -0.348 e. The number of benzene rings is 3. The summed E-state index contributed by atoms with van der Waals surface area (Å²) in [7, 11) is -3.85. The van der Waals surface area contributed by atoms with Crippen LogP contribution in [0.4, 0.5) is 0 Å². The molecule has 32 heavy (non-hydrogen) atoms. The molecule has 5 nitrogen and oxygen atoms in total. The van der Waals surface area contributed by atoms with Crippen LogP contribution in [0, 0.1) is 0 Å². The van der Waals surface area contributed by atoms with Crippen molar-refractivity contribution >= 4 is 31.9 Å². The molecule has 0 aromatic heterocycles. The number of nitrogens with zero attached hydrogens (tertiary/aromatic N) is 1. The number of hydrogen-bond donors (Lipinski definition) is 1. The Morgan fingerprint density at radius 2 is 1.66 bits per heavy atom. The molecule has 3 aromatic rings. The van der Waals surface area contributed by atoms with Crippen molar-refractivity contribution in [2.24, 2.45) is 0 Å². The molecule has 0 heterocycles. The van der Waals surface area contributed by atoms with E-state index in [-0.39, 0.29) is 29.9 Å². The van der Waals surface area contributed by atoms with Gasteiger partial charge < -0.3 is 5.32 Å². The molecule has 0 fully saturated rings. The molecule has 0 radical (unpaired) electrons. The lowest BCUT2D eigenvalue weighted by atomic mass is 9.88. The summed E-state index contributed by atoms with van der Waals surface area (Å²) in [4.78, 5) is 13.2. The number of aryl methyl sites for hydroxylation is 1. The second-order valence-corrected chi connectivity index (χ2v) is 10.8. The summed E-state index contributed by atoms with van der Waals surface area (Å²) < 4.78 is 28.9. The van der Waals surface area contributed by atoms with Gasteiger partial charge in [-0.3, -0.25) is 4.79 Å². The summed E-state index contributed by atoms with van der Waals surface area (Å²) in [6, 6.07) is 23.7. The van der Waals surface area contributed by atoms with E-state index < -0.39 is 10.0 Å². The number of nitrogens with one attached hydrogen (secondary N) is 1. The number of amides is 1. The predicted molar refractivity (Wildman–Crippen MR) is 128 cm³/mol. The lowest BCUT2D eigenvalue weighted by Gasteiger charge is -2.28. The van der Waals surface area contributed by atoms with E-state index in [1.165, 1.54) is 9.87 Å². The Balaban J connectivity index is 1.56. The molecular formula is C25H25BrN2O3S. The zero-order valence-corrected chi connectivity index (χ0v) is 20.0. The van der Waals surface area contributed by atoms with Crippen LogP contribution in [0.15, 0.2) is 88.2 Å². The Labute approximate surface area is 197 Å². The fourth-order valence-electron chi connectivity index (χ4n) is 4.06. The molecule has 1 amide bonds. The second-order valence-electron chi connectivity index (χ2n) is 7.92. The van der Waals surface area contributed by atoms with Crippen molar-refractivity contribution in [3.05, 3.63) is 100 Å². The van der Waals surface area contributed by atoms with E-state index in [4.69, 9.17) is 0 Å². The zero-order chi connectivity index (χ0) is 22.6. The predicted octanol–water partition coefficient (Wildman–Crippen LogP) is 4.83. The molecule has 0 aliphatic heterocycles. The third kappa shape index (κ3) is 5.28. The summed E-state index contributed by atoms with van der Waals surface area (Å²) in [5.74, 6) is -0.302. The number of rotatable bonds is 7. The van der Waals surface area contributed by atoms with E-state index in [2.05, 4.69) is 27.3 Å². The van der Waals surface area contributed by atoms with Crippen molar-refractivity contribution in [3.8, 4) is 0 Å². The van der Waals surface area contributed by atoms with Crippen molar-refractivity contribution in [1.29, 1.82) is 0 Å². The van der Waals surface area contributed by atoms with Gasteiger partial charge in [-0.2, -0.15) is 4.31 Å². The molecule has 1 aliphatic carbocycles. The number of fused-ring (bicyclic) bond motifs is 1. The van der Waals surface area contributed by atoms with Gasteiger partial charge in [0.05, 0.1) is 17.5 Å². The van der Waals surface area contributed by atoms with Crippen molar-refractivity contribution in [2.75, 3.05) is 6.54 Å². The van der Waals surface area contributed by atoms with Gasteiger partial charge in [-0.25, -0.2) is 8.42 Å². The average Bonchev–Trinajstić information content (AvgIpc) is 2.81. The first-order valence-electron chi connectivity index (χ1n) is 10.6. The van der Waals surface area contributed by atoms with Crippen LogP contribution in [0.25, 0.3) is 0 Å². The fourth-order valence-corrected chi connectivity index (χ4v) is 5.73. The van der Waals surface area contributed by atoms with Gasteiger partial charge in [0.25, 0.3) is 0 Å². The molecule has 4 rings (SSSR count). The van der Waals surface area contributed by atoms with E-state index in [1.54, 1.807) is 30.3 Å². The molecule has 1 aliphatic rings. The molecule has 1 atom stereocenters. The highest BCUT2D eigenvalue weighted by Crippen LogP contribution is 2.29. The molecule has 0 bridgehead atoms. The maximum atomic E-state index is 13.4. The second kappa shape index (κ2) is 9.98. The maximum absolute atomic E-state index is 13.4. The highest BCUT2D eigenvalue weighted by atomic mass is 79.9. The van der Waals surface area contributed by atoms with Gasteiger partial charge in [0.1, 0.15) is 0 Å². The van der Waals surface area contributed by atoms with Gasteiger partial charge >= 0.3 is 0 Å². The zero-order valence-electron chi connectivity index (χ0n) is 17.6. The van der Waals surface area contributed by atoms with Crippen LogP contribution < -0.4 is 5.32 Å². The van der Waals surface area contributed by atoms with Crippen LogP contribution in [-0.4, -0.2) is 25.2 Å². The van der Waals surface area contributed by atoms with E-state index in [0.29, 0.717) is 0 Å². The quantitative estimate of drug-likeness (QED) is 0.492. The normalized spacial score (nSPS) is 15.9. The summed E-state index contributed by atoms with van der Waals surface area (Å²) in [6.45, 7) is -0.134. The van der Waals surface area contributed by atoms with Crippen LogP contribution in [0.2, 0.25) is 0 Å². The maximum Gasteiger partial charge on any atom is 0.243 e. The first-order valence-corrected chi connectivity index (χ1v) is 12.8. The minimum absolute atomic E-state index is 0.0959. The molecule has 1 N–H and O–H groups in total. The first kappa shape index (κ1) is 22.7. The third-order valence-corrected chi connectivity index (χ3v) is 8.01. The monoisotopic (exact) mass is 512 g/mol. The van der Waals surface area contributed by atoms with E-state index in [1.807, 2.05) is 42.5 Å². The van der Waals surface area contributed by atoms with E-state index >= 15 is 0 Å². The Hall–Kier alpha value is -2.48. The molecule has 166 valence electrons. The van der Waals surface area contributed by atoms with Gasteiger partial charge in [-0.1, -0.05) is 70.5 Å². The average molecular weight is 513 g/mol. The van der Waals surface area contributed by atoms with Crippen molar-refractivity contribution < 1.29 is 13.2 Å². The Morgan fingerprint density at radius 1 is 0.969 bits per heavy atom. The Kier molecular flexibility index (Phi) is 7.08. The summed E-state index contributed by atoms with van der Waals surface area (Å²) >= 11 is 3.40. The molecule has 7 heteroatoms. The number of carbonyl (C=O) groups excluding carboxylic acids is 1.